The van der Waals surface area contributed by atoms with E-state index in [0.29, 0.717) is 5.56 Å². The molecule has 1 aromatic heterocycles. The fraction of sp³-hybridized carbons (Fsp3) is 0.143. The number of carbonyl (C=O) groups excluding carboxylic acids is 1. The first-order valence-electron chi connectivity index (χ1n) is 5.85. The number of nitrogens with zero attached hydrogens (tertiary/aromatic N) is 1. The van der Waals surface area contributed by atoms with E-state index < -0.39 is 5.95 Å². The van der Waals surface area contributed by atoms with Crippen molar-refractivity contribution in [3.63, 3.8) is 0 Å². The molecule has 3 nitrogen and oxygen atoms in total. The molecule has 0 aliphatic heterocycles. The van der Waals surface area contributed by atoms with E-state index in [2.05, 4.69) is 10.3 Å². The monoisotopic (exact) mass is 276 g/mol. The highest BCUT2D eigenvalue weighted by Gasteiger charge is 2.09. The van der Waals surface area contributed by atoms with E-state index in [1.54, 1.807) is 11.8 Å². The number of para-hydroxylation sites is 1. The van der Waals surface area contributed by atoms with Crippen LogP contribution in [-0.2, 0) is 0 Å². The van der Waals surface area contributed by atoms with Crippen molar-refractivity contribution in [1.29, 1.82) is 0 Å². The first-order chi connectivity index (χ1) is 9.20. The molecule has 2 rings (SSSR count). The van der Waals surface area contributed by atoms with Gasteiger partial charge in [0.15, 0.2) is 0 Å². The molecule has 2 aromatic rings. The number of anilines is 1. The van der Waals surface area contributed by atoms with E-state index in [4.69, 9.17) is 0 Å². The van der Waals surface area contributed by atoms with Gasteiger partial charge in [0.05, 0.1) is 11.3 Å². The van der Waals surface area contributed by atoms with Crippen molar-refractivity contribution in [3.05, 3.63) is 54.1 Å². The van der Waals surface area contributed by atoms with Gasteiger partial charge in [-0.15, -0.1) is 11.8 Å². The lowest BCUT2D eigenvalue weighted by atomic mass is 10.2. The summed E-state index contributed by atoms with van der Waals surface area (Å²) in [6.07, 6.45) is 1.22. The van der Waals surface area contributed by atoms with Crippen molar-refractivity contribution in [2.45, 2.75) is 11.8 Å². The molecule has 0 unspecified atom stereocenters. The number of pyridine rings is 1. The third kappa shape index (κ3) is 3.54. The predicted octanol–water partition coefficient (Wildman–Crippen LogP) is 3.59. The van der Waals surface area contributed by atoms with E-state index in [0.717, 1.165) is 16.3 Å². The number of aromatic nitrogens is 1. The summed E-state index contributed by atoms with van der Waals surface area (Å²) in [5.74, 6) is 0.0282. The molecule has 0 spiro atoms. The molecule has 0 bridgehead atoms. The number of amides is 1. The Morgan fingerprint density at radius 2 is 2.11 bits per heavy atom. The smallest absolute Gasteiger partial charge is 0.257 e. The van der Waals surface area contributed by atoms with E-state index in [-0.39, 0.29) is 5.91 Å². The van der Waals surface area contributed by atoms with Crippen molar-refractivity contribution in [1.82, 2.24) is 4.98 Å². The largest absolute Gasteiger partial charge is 0.321 e. The van der Waals surface area contributed by atoms with Gasteiger partial charge in [0.25, 0.3) is 5.91 Å². The van der Waals surface area contributed by atoms with Gasteiger partial charge in [0.2, 0.25) is 5.95 Å². The number of rotatable bonds is 4. The van der Waals surface area contributed by atoms with Crippen LogP contribution in [0.15, 0.2) is 47.5 Å². The van der Waals surface area contributed by atoms with Crippen LogP contribution in [0.5, 0.6) is 0 Å². The zero-order valence-corrected chi connectivity index (χ0v) is 11.2. The van der Waals surface area contributed by atoms with Crippen molar-refractivity contribution in [2.75, 3.05) is 11.1 Å². The summed E-state index contributed by atoms with van der Waals surface area (Å²) in [6, 6.07) is 10.2. The number of thioether (sulfide) groups is 1. The number of nitrogens with one attached hydrogen (secondary N) is 1. The average Bonchev–Trinajstić information content (AvgIpc) is 2.42. The molecule has 1 heterocycles. The molecule has 0 saturated heterocycles. The molecule has 0 aliphatic rings. The van der Waals surface area contributed by atoms with Crippen LogP contribution in [-0.4, -0.2) is 16.6 Å². The molecule has 0 radical (unpaired) electrons. The SMILES string of the molecule is CCSc1ccccc1NC(=O)c1ccc(F)nc1. The molecule has 0 aliphatic carbocycles. The first-order valence-corrected chi connectivity index (χ1v) is 6.84. The van der Waals surface area contributed by atoms with Crippen LogP contribution in [0.2, 0.25) is 0 Å². The minimum absolute atomic E-state index is 0.295. The lowest BCUT2D eigenvalue weighted by molar-refractivity contribution is 0.102. The van der Waals surface area contributed by atoms with Gasteiger partial charge in [-0.2, -0.15) is 4.39 Å². The molecule has 1 N–H and O–H groups in total. The molecule has 0 fully saturated rings. The van der Waals surface area contributed by atoms with Gasteiger partial charge in [-0.05, 0) is 30.0 Å². The van der Waals surface area contributed by atoms with Gasteiger partial charge in [-0.1, -0.05) is 19.1 Å². The molecule has 19 heavy (non-hydrogen) atoms. The summed E-state index contributed by atoms with van der Waals surface area (Å²) in [5.41, 5.74) is 1.08. The highest BCUT2D eigenvalue weighted by Crippen LogP contribution is 2.26. The number of hydrogen-bond donors (Lipinski definition) is 1. The fourth-order valence-electron chi connectivity index (χ4n) is 1.56. The summed E-state index contributed by atoms with van der Waals surface area (Å²) in [6.45, 7) is 2.05. The molecule has 98 valence electrons. The third-order valence-electron chi connectivity index (χ3n) is 2.42. The van der Waals surface area contributed by atoms with Crippen LogP contribution >= 0.6 is 11.8 Å². The van der Waals surface area contributed by atoms with E-state index in [1.165, 1.54) is 18.3 Å². The average molecular weight is 276 g/mol. The van der Waals surface area contributed by atoms with Gasteiger partial charge >= 0.3 is 0 Å². The maximum Gasteiger partial charge on any atom is 0.257 e. The summed E-state index contributed by atoms with van der Waals surface area (Å²) >= 11 is 1.65. The number of carbonyl (C=O) groups is 1. The fourth-order valence-corrected chi connectivity index (χ4v) is 2.32. The second kappa shape index (κ2) is 6.33. The van der Waals surface area contributed by atoms with E-state index in [9.17, 15) is 9.18 Å². The number of benzene rings is 1. The summed E-state index contributed by atoms with van der Waals surface area (Å²) in [7, 11) is 0. The second-order valence-corrected chi connectivity index (χ2v) is 5.06. The summed E-state index contributed by atoms with van der Waals surface area (Å²) < 4.78 is 12.7. The van der Waals surface area contributed by atoms with Crippen LogP contribution in [0.4, 0.5) is 10.1 Å². The molecule has 0 atom stereocenters. The van der Waals surface area contributed by atoms with Gasteiger partial charge < -0.3 is 5.32 Å². The highest BCUT2D eigenvalue weighted by molar-refractivity contribution is 7.99. The minimum Gasteiger partial charge on any atom is -0.321 e. The van der Waals surface area contributed by atoms with Crippen molar-refractivity contribution in [3.8, 4) is 0 Å². The Balaban J connectivity index is 2.16. The topological polar surface area (TPSA) is 42.0 Å². The van der Waals surface area contributed by atoms with Gasteiger partial charge in [-0.3, -0.25) is 4.79 Å². The Morgan fingerprint density at radius 3 is 2.79 bits per heavy atom. The zero-order valence-electron chi connectivity index (χ0n) is 10.4. The quantitative estimate of drug-likeness (QED) is 0.685. The normalized spacial score (nSPS) is 10.2. The molecule has 1 aromatic carbocycles. The Labute approximate surface area is 115 Å². The third-order valence-corrected chi connectivity index (χ3v) is 3.38. The maximum absolute atomic E-state index is 12.7. The molecule has 1 amide bonds. The van der Waals surface area contributed by atoms with Crippen LogP contribution in [0, 0.1) is 5.95 Å². The Hall–Kier alpha value is -1.88. The van der Waals surface area contributed by atoms with Crippen molar-refractivity contribution in [2.24, 2.45) is 0 Å². The summed E-state index contributed by atoms with van der Waals surface area (Å²) in [5, 5.41) is 2.81. The summed E-state index contributed by atoms with van der Waals surface area (Å²) in [4.78, 5) is 16.5. The van der Waals surface area contributed by atoms with Crippen LogP contribution in [0.25, 0.3) is 0 Å². The van der Waals surface area contributed by atoms with Crippen LogP contribution < -0.4 is 5.32 Å². The Kier molecular flexibility index (Phi) is 4.52. The number of hydrogen-bond acceptors (Lipinski definition) is 3. The lowest BCUT2D eigenvalue weighted by Gasteiger charge is -2.09. The van der Waals surface area contributed by atoms with Crippen LogP contribution in [0.1, 0.15) is 17.3 Å². The molecular formula is C14H13FN2OS. The second-order valence-electron chi connectivity index (χ2n) is 3.75. The van der Waals surface area contributed by atoms with Gasteiger partial charge in [0, 0.05) is 11.1 Å². The molecular weight excluding hydrogens is 263 g/mol. The predicted molar refractivity (Wildman–Crippen MR) is 75.0 cm³/mol. The standard InChI is InChI=1S/C14H13FN2OS/c1-2-19-12-6-4-3-5-11(12)17-14(18)10-7-8-13(15)16-9-10/h3-9H,2H2,1H3,(H,17,18). The number of halogens is 1. The Bertz CT molecular complexity index is 572. The van der Waals surface area contributed by atoms with E-state index in [1.807, 2.05) is 31.2 Å². The lowest BCUT2D eigenvalue weighted by Crippen LogP contribution is -2.13. The molecule has 5 heteroatoms. The Morgan fingerprint density at radius 1 is 1.32 bits per heavy atom. The first kappa shape index (κ1) is 13.5. The van der Waals surface area contributed by atoms with Crippen molar-refractivity contribution >= 4 is 23.4 Å². The zero-order chi connectivity index (χ0) is 13.7. The minimum atomic E-state index is -0.599. The van der Waals surface area contributed by atoms with Crippen molar-refractivity contribution < 1.29 is 9.18 Å². The van der Waals surface area contributed by atoms with Gasteiger partial charge in [-0.25, -0.2) is 4.98 Å². The highest BCUT2D eigenvalue weighted by atomic mass is 32.2. The van der Waals surface area contributed by atoms with Crippen LogP contribution in [0.3, 0.4) is 0 Å². The maximum atomic E-state index is 12.7. The molecule has 0 saturated carbocycles. The van der Waals surface area contributed by atoms with E-state index >= 15 is 0 Å². The van der Waals surface area contributed by atoms with Gasteiger partial charge in [0.1, 0.15) is 0 Å².